The maximum absolute atomic E-state index is 12.4. The molecule has 2 aromatic carbocycles. The van der Waals surface area contributed by atoms with Gasteiger partial charge >= 0.3 is 0 Å². The summed E-state index contributed by atoms with van der Waals surface area (Å²) >= 11 is 6.22. The van der Waals surface area contributed by atoms with Crippen LogP contribution in [0.15, 0.2) is 47.4 Å². The Hall–Kier alpha value is -2.25. The lowest BCUT2D eigenvalue weighted by molar-refractivity contribution is 0.0953. The highest BCUT2D eigenvalue weighted by molar-refractivity contribution is 7.91. The highest BCUT2D eigenvalue weighted by Crippen LogP contribution is 2.36. The van der Waals surface area contributed by atoms with Gasteiger partial charge in [-0.25, -0.2) is 8.42 Å². The van der Waals surface area contributed by atoms with E-state index in [-0.39, 0.29) is 28.1 Å². The first kappa shape index (κ1) is 22.0. The van der Waals surface area contributed by atoms with Crippen LogP contribution in [-0.2, 0) is 9.84 Å². The number of amides is 1. The van der Waals surface area contributed by atoms with E-state index >= 15 is 0 Å². The summed E-state index contributed by atoms with van der Waals surface area (Å²) in [5.74, 6) is 0.360. The van der Waals surface area contributed by atoms with Crippen LogP contribution in [0.3, 0.4) is 0 Å². The molecule has 0 aliphatic heterocycles. The number of halogens is 1. The molecule has 2 rings (SSSR count). The highest BCUT2D eigenvalue weighted by Gasteiger charge is 2.17. The second-order valence-electron chi connectivity index (χ2n) is 6.08. The second kappa shape index (κ2) is 10.3. The fraction of sp³-hybridized carbons (Fsp3) is 0.350. The third-order valence-electron chi connectivity index (χ3n) is 3.92. The third-order valence-corrected chi connectivity index (χ3v) is 6.02. The summed E-state index contributed by atoms with van der Waals surface area (Å²) in [7, 11) is -1.89. The Labute approximate surface area is 170 Å². The number of methoxy groups -OCH3 is 1. The van der Waals surface area contributed by atoms with Crippen molar-refractivity contribution in [1.29, 1.82) is 0 Å². The van der Waals surface area contributed by atoms with Gasteiger partial charge in [0.2, 0.25) is 0 Å². The van der Waals surface area contributed by atoms with Crippen molar-refractivity contribution < 1.29 is 22.7 Å². The van der Waals surface area contributed by atoms with Crippen molar-refractivity contribution in [2.75, 3.05) is 26.0 Å². The summed E-state index contributed by atoms with van der Waals surface area (Å²) in [6, 6.07) is 11.3. The van der Waals surface area contributed by atoms with Crippen LogP contribution in [0, 0.1) is 0 Å². The van der Waals surface area contributed by atoms with E-state index in [1.165, 1.54) is 13.2 Å². The van der Waals surface area contributed by atoms with Crippen LogP contribution in [0.2, 0.25) is 5.02 Å². The number of ether oxygens (including phenoxy) is 2. The lowest BCUT2D eigenvalue weighted by Crippen LogP contribution is -2.26. The predicted molar refractivity (Wildman–Crippen MR) is 109 cm³/mol. The van der Waals surface area contributed by atoms with E-state index in [0.717, 1.165) is 6.42 Å². The molecule has 0 saturated carbocycles. The van der Waals surface area contributed by atoms with Crippen LogP contribution in [0.1, 0.15) is 30.1 Å². The zero-order valence-electron chi connectivity index (χ0n) is 15.9. The van der Waals surface area contributed by atoms with Gasteiger partial charge in [0, 0.05) is 12.1 Å². The molecule has 152 valence electrons. The van der Waals surface area contributed by atoms with Crippen molar-refractivity contribution in [3.8, 4) is 11.5 Å². The second-order valence-corrected chi connectivity index (χ2v) is 8.60. The van der Waals surface area contributed by atoms with Gasteiger partial charge in [-0.3, -0.25) is 4.79 Å². The van der Waals surface area contributed by atoms with E-state index < -0.39 is 9.84 Å². The molecule has 0 heterocycles. The quantitative estimate of drug-likeness (QED) is 0.586. The van der Waals surface area contributed by atoms with E-state index in [1.54, 1.807) is 36.4 Å². The summed E-state index contributed by atoms with van der Waals surface area (Å²) in [6.45, 7) is 2.68. The van der Waals surface area contributed by atoms with Gasteiger partial charge in [0.15, 0.2) is 21.3 Å². The summed E-state index contributed by atoms with van der Waals surface area (Å²) in [5, 5.41) is 2.99. The molecule has 0 aliphatic carbocycles. The van der Waals surface area contributed by atoms with E-state index in [4.69, 9.17) is 21.1 Å². The topological polar surface area (TPSA) is 81.7 Å². The van der Waals surface area contributed by atoms with Gasteiger partial charge in [-0.05, 0) is 37.1 Å². The molecule has 0 unspecified atom stereocenters. The normalized spacial score (nSPS) is 11.1. The minimum absolute atomic E-state index is 0.0504. The van der Waals surface area contributed by atoms with Gasteiger partial charge < -0.3 is 14.8 Å². The standard InChI is InChI=1S/C20H24ClNO5S/c1-3-11-27-19-17(21)13-15(14-18(19)26-2)20(23)22-10-7-12-28(24,25)16-8-5-4-6-9-16/h4-6,8-9,13-14H,3,7,10-12H2,1-2H3,(H,22,23). The van der Waals surface area contributed by atoms with Crippen molar-refractivity contribution in [3.05, 3.63) is 53.1 Å². The van der Waals surface area contributed by atoms with E-state index in [1.807, 2.05) is 6.92 Å². The minimum Gasteiger partial charge on any atom is -0.493 e. The number of hydrogen-bond acceptors (Lipinski definition) is 5. The molecule has 0 aromatic heterocycles. The predicted octanol–water partition coefficient (Wildman–Crippen LogP) is 3.73. The molecule has 8 heteroatoms. The summed E-state index contributed by atoms with van der Waals surface area (Å²) in [5.41, 5.74) is 0.316. The molecule has 6 nitrogen and oxygen atoms in total. The molecule has 0 aliphatic rings. The first-order chi connectivity index (χ1) is 13.4. The van der Waals surface area contributed by atoms with Gasteiger partial charge in [-0.2, -0.15) is 0 Å². The summed E-state index contributed by atoms with van der Waals surface area (Å²) < 4.78 is 35.3. The highest BCUT2D eigenvalue weighted by atomic mass is 35.5. The molecule has 2 aromatic rings. The van der Waals surface area contributed by atoms with E-state index in [9.17, 15) is 13.2 Å². The Morgan fingerprint density at radius 2 is 1.89 bits per heavy atom. The molecular formula is C20H24ClNO5S. The maximum atomic E-state index is 12.4. The van der Waals surface area contributed by atoms with Crippen LogP contribution in [-0.4, -0.2) is 40.3 Å². The fourth-order valence-electron chi connectivity index (χ4n) is 2.51. The number of benzene rings is 2. The number of rotatable bonds is 10. The summed E-state index contributed by atoms with van der Waals surface area (Å²) in [4.78, 5) is 12.6. The van der Waals surface area contributed by atoms with Gasteiger partial charge in [-0.1, -0.05) is 36.7 Å². The number of sulfone groups is 1. The zero-order chi connectivity index (χ0) is 20.6. The Morgan fingerprint density at radius 1 is 1.18 bits per heavy atom. The molecule has 0 bridgehead atoms. The molecular weight excluding hydrogens is 402 g/mol. The van der Waals surface area contributed by atoms with Gasteiger partial charge in [0.1, 0.15) is 0 Å². The van der Waals surface area contributed by atoms with E-state index in [0.29, 0.717) is 30.1 Å². The SMILES string of the molecule is CCCOc1c(Cl)cc(C(=O)NCCCS(=O)(=O)c2ccccc2)cc1OC. The molecule has 1 N–H and O–H groups in total. The van der Waals surface area contributed by atoms with Gasteiger partial charge in [0.05, 0.1) is 29.4 Å². The molecule has 1 amide bonds. The average Bonchev–Trinajstić information content (AvgIpc) is 2.70. The summed E-state index contributed by atoms with van der Waals surface area (Å²) in [6.07, 6.45) is 1.11. The first-order valence-corrected chi connectivity index (χ1v) is 11.0. The van der Waals surface area contributed by atoms with Crippen LogP contribution in [0.25, 0.3) is 0 Å². The number of carbonyl (C=O) groups is 1. The lowest BCUT2D eigenvalue weighted by atomic mass is 10.2. The maximum Gasteiger partial charge on any atom is 0.251 e. The Kier molecular flexibility index (Phi) is 8.14. The minimum atomic E-state index is -3.36. The van der Waals surface area contributed by atoms with Gasteiger partial charge in [0.25, 0.3) is 5.91 Å². The van der Waals surface area contributed by atoms with Crippen molar-refractivity contribution in [3.63, 3.8) is 0 Å². The molecule has 0 saturated heterocycles. The average molecular weight is 426 g/mol. The monoisotopic (exact) mass is 425 g/mol. The Morgan fingerprint density at radius 3 is 2.54 bits per heavy atom. The fourth-order valence-corrected chi connectivity index (χ4v) is 4.10. The first-order valence-electron chi connectivity index (χ1n) is 8.95. The van der Waals surface area contributed by atoms with Crippen molar-refractivity contribution in [2.24, 2.45) is 0 Å². The molecule has 0 radical (unpaired) electrons. The largest absolute Gasteiger partial charge is 0.493 e. The van der Waals surface area contributed by atoms with Crippen molar-refractivity contribution in [1.82, 2.24) is 5.32 Å². The van der Waals surface area contributed by atoms with Crippen molar-refractivity contribution >= 4 is 27.3 Å². The molecule has 28 heavy (non-hydrogen) atoms. The third kappa shape index (κ3) is 5.87. The van der Waals surface area contributed by atoms with E-state index in [2.05, 4.69) is 5.32 Å². The number of nitrogens with one attached hydrogen (secondary N) is 1. The number of carbonyl (C=O) groups excluding carboxylic acids is 1. The Balaban J connectivity index is 1.95. The number of hydrogen-bond donors (Lipinski definition) is 1. The smallest absolute Gasteiger partial charge is 0.251 e. The van der Waals surface area contributed by atoms with Crippen LogP contribution >= 0.6 is 11.6 Å². The lowest BCUT2D eigenvalue weighted by Gasteiger charge is -2.14. The molecule has 0 spiro atoms. The zero-order valence-corrected chi connectivity index (χ0v) is 17.5. The van der Waals surface area contributed by atoms with Crippen LogP contribution in [0.5, 0.6) is 11.5 Å². The molecule has 0 atom stereocenters. The van der Waals surface area contributed by atoms with Crippen LogP contribution in [0.4, 0.5) is 0 Å². The van der Waals surface area contributed by atoms with Gasteiger partial charge in [-0.15, -0.1) is 0 Å². The Bertz CT molecular complexity index is 900. The van der Waals surface area contributed by atoms with Crippen molar-refractivity contribution in [2.45, 2.75) is 24.7 Å². The molecule has 0 fully saturated rings. The van der Waals surface area contributed by atoms with Crippen LogP contribution < -0.4 is 14.8 Å².